The van der Waals surface area contributed by atoms with Crippen LogP contribution in [0.4, 0.5) is 0 Å². The Balaban J connectivity index is 1.34. The number of ether oxygens (including phenoxy) is 2. The predicted octanol–water partition coefficient (Wildman–Crippen LogP) is 3.84. The Morgan fingerprint density at radius 3 is 2.34 bits per heavy atom. The van der Waals surface area contributed by atoms with Gasteiger partial charge in [0.2, 0.25) is 0 Å². The Morgan fingerprint density at radius 2 is 1.72 bits per heavy atom. The lowest BCUT2D eigenvalue weighted by molar-refractivity contribution is -0.164. The standard InChI is InChI=1S/C24H34O5/c1-10-13(8-15-11(2)21(25)28-22(15)26)17-9-14(10)19-12-6-16(20(17)19)18(7-12)23(27)29-24(3,4)5/h10-20H,6-9H2,1-5H3/t10?,11?,12?,13?,14?,15?,16?,17?,18?,19-,20+/m1/s1. The fraction of sp³-hybridized carbons (Fsp3) is 0.875. The lowest BCUT2D eigenvalue weighted by atomic mass is 9.60. The molecule has 0 aromatic carbocycles. The van der Waals surface area contributed by atoms with E-state index in [0.717, 1.165) is 18.8 Å². The molecule has 0 amide bonds. The third kappa shape index (κ3) is 2.82. The Labute approximate surface area is 173 Å². The second-order valence-corrected chi connectivity index (χ2v) is 11.6. The highest BCUT2D eigenvalue weighted by molar-refractivity contribution is 5.96. The zero-order valence-corrected chi connectivity index (χ0v) is 18.2. The van der Waals surface area contributed by atoms with Crippen LogP contribution in [0.25, 0.3) is 0 Å². The fourth-order valence-electron chi connectivity index (χ4n) is 8.32. The van der Waals surface area contributed by atoms with E-state index in [1.807, 2.05) is 27.7 Å². The van der Waals surface area contributed by atoms with Crippen LogP contribution in [0.2, 0.25) is 0 Å². The summed E-state index contributed by atoms with van der Waals surface area (Å²) in [7, 11) is 0. The van der Waals surface area contributed by atoms with E-state index in [2.05, 4.69) is 6.92 Å². The summed E-state index contributed by atoms with van der Waals surface area (Å²) in [6.45, 7) is 10.0. The highest BCUT2D eigenvalue weighted by Gasteiger charge is 2.68. The first-order valence-corrected chi connectivity index (χ1v) is 11.5. The van der Waals surface area contributed by atoms with E-state index in [4.69, 9.17) is 9.47 Å². The number of carbonyl (C=O) groups is 3. The summed E-state index contributed by atoms with van der Waals surface area (Å²) < 4.78 is 10.7. The van der Waals surface area contributed by atoms with E-state index in [0.29, 0.717) is 41.4 Å². The molecule has 4 bridgehead atoms. The van der Waals surface area contributed by atoms with Crippen molar-refractivity contribution in [2.24, 2.45) is 65.1 Å². The normalized spacial score (nSPS) is 50.2. The van der Waals surface area contributed by atoms with E-state index in [1.165, 1.54) is 12.8 Å². The van der Waals surface area contributed by atoms with Crippen molar-refractivity contribution in [2.75, 3.05) is 0 Å². The summed E-state index contributed by atoms with van der Waals surface area (Å²) in [4.78, 5) is 36.9. The van der Waals surface area contributed by atoms with Crippen LogP contribution in [0, 0.1) is 65.1 Å². The molecule has 0 aromatic heterocycles. The Bertz CT molecular complexity index is 751. The highest BCUT2D eigenvalue weighted by Crippen LogP contribution is 2.72. The molecule has 160 valence electrons. The van der Waals surface area contributed by atoms with Gasteiger partial charge in [-0.3, -0.25) is 14.4 Å². The molecule has 1 saturated heterocycles. The second kappa shape index (κ2) is 6.31. The summed E-state index contributed by atoms with van der Waals surface area (Å²) in [6, 6.07) is 0. The van der Waals surface area contributed by atoms with Gasteiger partial charge in [0, 0.05) is 0 Å². The SMILES string of the molecule is CC1C(=O)OC(=O)C1CC1C(C)C2CC1[C@@H]1C3CC(CC3C(=O)OC(C)(C)C)[C@H]21. The average molecular weight is 403 g/mol. The van der Waals surface area contributed by atoms with Crippen LogP contribution in [-0.4, -0.2) is 23.5 Å². The average Bonchev–Trinajstić information content (AvgIpc) is 3.38. The number of hydrogen-bond acceptors (Lipinski definition) is 5. The Kier molecular flexibility index (Phi) is 4.25. The van der Waals surface area contributed by atoms with Crippen molar-refractivity contribution in [3.8, 4) is 0 Å². The molecule has 5 aliphatic rings. The number of esters is 3. The first kappa shape index (κ1) is 19.6. The molecule has 29 heavy (non-hydrogen) atoms. The molecule has 11 atom stereocenters. The number of hydrogen-bond donors (Lipinski definition) is 0. The third-order valence-electron chi connectivity index (χ3n) is 9.28. The van der Waals surface area contributed by atoms with Crippen LogP contribution in [-0.2, 0) is 23.9 Å². The van der Waals surface area contributed by atoms with Crippen LogP contribution in [0.15, 0.2) is 0 Å². The molecule has 0 N–H and O–H groups in total. The lowest BCUT2D eigenvalue weighted by Gasteiger charge is -2.44. The minimum Gasteiger partial charge on any atom is -0.460 e. The molecule has 0 radical (unpaired) electrons. The van der Waals surface area contributed by atoms with Crippen LogP contribution >= 0.6 is 0 Å². The summed E-state index contributed by atoms with van der Waals surface area (Å²) in [5.41, 5.74) is -0.435. The maximum absolute atomic E-state index is 12.9. The van der Waals surface area contributed by atoms with E-state index >= 15 is 0 Å². The van der Waals surface area contributed by atoms with E-state index in [-0.39, 0.29) is 35.7 Å². The summed E-state index contributed by atoms with van der Waals surface area (Å²) in [5, 5.41) is 0. The van der Waals surface area contributed by atoms with Crippen molar-refractivity contribution in [3.63, 3.8) is 0 Å². The van der Waals surface area contributed by atoms with Gasteiger partial charge in [0.25, 0.3) is 0 Å². The second-order valence-electron chi connectivity index (χ2n) is 11.6. The van der Waals surface area contributed by atoms with Gasteiger partial charge < -0.3 is 9.47 Å². The minimum absolute atomic E-state index is 0.00517. The van der Waals surface area contributed by atoms with Gasteiger partial charge in [-0.1, -0.05) is 13.8 Å². The van der Waals surface area contributed by atoms with Crippen molar-refractivity contribution in [3.05, 3.63) is 0 Å². The molecule has 4 saturated carbocycles. The van der Waals surface area contributed by atoms with Gasteiger partial charge in [0.15, 0.2) is 0 Å². The van der Waals surface area contributed by atoms with Gasteiger partial charge in [0.05, 0.1) is 17.8 Å². The Hall–Kier alpha value is -1.39. The van der Waals surface area contributed by atoms with Gasteiger partial charge >= 0.3 is 17.9 Å². The van der Waals surface area contributed by atoms with Crippen molar-refractivity contribution >= 4 is 17.9 Å². The van der Waals surface area contributed by atoms with Crippen LogP contribution in [0.5, 0.6) is 0 Å². The molecule has 9 unspecified atom stereocenters. The third-order valence-corrected chi connectivity index (χ3v) is 9.28. The fourth-order valence-corrected chi connectivity index (χ4v) is 8.32. The molecule has 0 spiro atoms. The summed E-state index contributed by atoms with van der Waals surface area (Å²) in [5.74, 6) is 3.57. The van der Waals surface area contributed by atoms with Gasteiger partial charge in [-0.05, 0) is 93.8 Å². The molecule has 5 rings (SSSR count). The first-order chi connectivity index (χ1) is 13.6. The molecule has 1 aliphatic heterocycles. The van der Waals surface area contributed by atoms with Crippen molar-refractivity contribution in [1.29, 1.82) is 0 Å². The molecular formula is C24H34O5. The Morgan fingerprint density at radius 1 is 1.00 bits per heavy atom. The number of rotatable bonds is 3. The quantitative estimate of drug-likeness (QED) is 0.407. The molecule has 5 nitrogen and oxygen atoms in total. The van der Waals surface area contributed by atoms with Crippen LogP contribution in [0.3, 0.4) is 0 Å². The first-order valence-electron chi connectivity index (χ1n) is 11.5. The monoisotopic (exact) mass is 402 g/mol. The van der Waals surface area contributed by atoms with Gasteiger partial charge in [-0.25, -0.2) is 0 Å². The topological polar surface area (TPSA) is 69.7 Å². The van der Waals surface area contributed by atoms with E-state index in [1.54, 1.807) is 0 Å². The summed E-state index contributed by atoms with van der Waals surface area (Å²) >= 11 is 0. The van der Waals surface area contributed by atoms with Gasteiger partial charge in [0.1, 0.15) is 5.60 Å². The predicted molar refractivity (Wildman–Crippen MR) is 105 cm³/mol. The van der Waals surface area contributed by atoms with Crippen LogP contribution in [0.1, 0.15) is 60.3 Å². The van der Waals surface area contributed by atoms with Crippen LogP contribution < -0.4 is 0 Å². The van der Waals surface area contributed by atoms with Crippen molar-refractivity contribution in [2.45, 2.75) is 65.9 Å². The van der Waals surface area contributed by atoms with E-state index < -0.39 is 5.60 Å². The zero-order chi connectivity index (χ0) is 20.8. The van der Waals surface area contributed by atoms with Crippen molar-refractivity contribution < 1.29 is 23.9 Å². The van der Waals surface area contributed by atoms with Gasteiger partial charge in [-0.15, -0.1) is 0 Å². The number of cyclic esters (lactones) is 2. The van der Waals surface area contributed by atoms with E-state index in [9.17, 15) is 14.4 Å². The van der Waals surface area contributed by atoms with Crippen molar-refractivity contribution in [1.82, 2.24) is 0 Å². The number of fused-ring (bicyclic) bond motifs is 9. The molecule has 5 heteroatoms. The highest BCUT2D eigenvalue weighted by atomic mass is 16.6. The van der Waals surface area contributed by atoms with Gasteiger partial charge in [-0.2, -0.15) is 0 Å². The molecule has 5 fully saturated rings. The lowest BCUT2D eigenvalue weighted by Crippen LogP contribution is -2.43. The maximum atomic E-state index is 12.9. The number of carbonyl (C=O) groups excluding carboxylic acids is 3. The zero-order valence-electron chi connectivity index (χ0n) is 18.2. The molecule has 1 heterocycles. The summed E-state index contributed by atoms with van der Waals surface area (Å²) in [6.07, 6.45) is 4.18. The maximum Gasteiger partial charge on any atom is 0.317 e. The minimum atomic E-state index is -0.435. The smallest absolute Gasteiger partial charge is 0.317 e. The molecule has 4 aliphatic carbocycles. The largest absolute Gasteiger partial charge is 0.460 e. The molecular weight excluding hydrogens is 368 g/mol. The molecule has 0 aromatic rings.